The Kier molecular flexibility index (Phi) is 3.67. The first kappa shape index (κ1) is 12.6. The molecule has 1 N–H and O–H groups in total. The van der Waals surface area contributed by atoms with E-state index in [-0.39, 0.29) is 6.04 Å². The van der Waals surface area contributed by atoms with Crippen molar-refractivity contribution in [2.45, 2.75) is 13.0 Å². The van der Waals surface area contributed by atoms with Gasteiger partial charge in [-0.25, -0.2) is 0 Å². The summed E-state index contributed by atoms with van der Waals surface area (Å²) in [5, 5.41) is 7.76. The van der Waals surface area contributed by atoms with Gasteiger partial charge in [0.2, 0.25) is 0 Å². The van der Waals surface area contributed by atoms with Crippen molar-refractivity contribution in [2.75, 3.05) is 14.2 Å². The molecule has 0 radical (unpaired) electrons. The summed E-state index contributed by atoms with van der Waals surface area (Å²) in [6.07, 6.45) is 1.95. The van der Waals surface area contributed by atoms with Gasteiger partial charge >= 0.3 is 0 Å². The van der Waals surface area contributed by atoms with E-state index in [4.69, 9.17) is 4.74 Å². The summed E-state index contributed by atoms with van der Waals surface area (Å²) in [5.74, 6) is 0.880. The average molecular weight is 245 g/mol. The summed E-state index contributed by atoms with van der Waals surface area (Å²) in [6.45, 7) is 2.08. The first-order chi connectivity index (χ1) is 8.65. The minimum atomic E-state index is 0.0426. The number of hydrogen-bond donors (Lipinski definition) is 1. The zero-order valence-electron chi connectivity index (χ0n) is 11.3. The van der Waals surface area contributed by atoms with E-state index in [9.17, 15) is 0 Å². The highest BCUT2D eigenvalue weighted by Crippen LogP contribution is 2.29. The van der Waals surface area contributed by atoms with E-state index in [1.807, 2.05) is 43.2 Å². The van der Waals surface area contributed by atoms with E-state index < -0.39 is 0 Å². The third-order valence-corrected chi connectivity index (χ3v) is 3.01. The maximum absolute atomic E-state index is 5.44. The molecule has 1 heterocycles. The number of ether oxygens (including phenoxy) is 1. The van der Waals surface area contributed by atoms with Crippen molar-refractivity contribution in [1.82, 2.24) is 15.1 Å². The number of methoxy groups -OCH3 is 1. The molecular formula is C14H19N3O. The summed E-state index contributed by atoms with van der Waals surface area (Å²) < 4.78 is 7.24. The second-order valence-electron chi connectivity index (χ2n) is 4.38. The van der Waals surface area contributed by atoms with E-state index in [0.717, 1.165) is 17.0 Å². The first-order valence-corrected chi connectivity index (χ1v) is 5.97. The van der Waals surface area contributed by atoms with Gasteiger partial charge < -0.3 is 10.1 Å². The molecule has 4 nitrogen and oxygen atoms in total. The van der Waals surface area contributed by atoms with Gasteiger partial charge in [-0.05, 0) is 26.1 Å². The van der Waals surface area contributed by atoms with Gasteiger partial charge in [0, 0.05) is 18.8 Å². The van der Waals surface area contributed by atoms with Crippen molar-refractivity contribution < 1.29 is 4.74 Å². The van der Waals surface area contributed by atoms with Crippen molar-refractivity contribution in [1.29, 1.82) is 0 Å². The van der Waals surface area contributed by atoms with E-state index in [1.54, 1.807) is 7.11 Å². The lowest BCUT2D eigenvalue weighted by Crippen LogP contribution is -2.19. The lowest BCUT2D eigenvalue weighted by molar-refractivity contribution is 0.404. The predicted octanol–water partition coefficient (Wildman–Crippen LogP) is 2.05. The number of aryl methyl sites for hydroxylation is 2. The molecule has 0 spiro atoms. The minimum absolute atomic E-state index is 0.0426. The zero-order valence-corrected chi connectivity index (χ0v) is 11.3. The highest BCUT2D eigenvalue weighted by atomic mass is 16.5. The third kappa shape index (κ3) is 2.38. The van der Waals surface area contributed by atoms with Crippen LogP contribution in [0.5, 0.6) is 5.75 Å². The normalized spacial score (nSPS) is 12.4. The smallest absolute Gasteiger partial charge is 0.124 e. The van der Waals surface area contributed by atoms with Crippen LogP contribution in [0.15, 0.2) is 30.5 Å². The Labute approximate surface area is 108 Å². The molecule has 1 aromatic heterocycles. The van der Waals surface area contributed by atoms with Crippen LogP contribution >= 0.6 is 0 Å². The Balaban J connectivity index is 2.47. The Bertz CT molecular complexity index is 534. The van der Waals surface area contributed by atoms with E-state index in [2.05, 4.69) is 23.4 Å². The fourth-order valence-corrected chi connectivity index (χ4v) is 2.13. The topological polar surface area (TPSA) is 39.1 Å². The van der Waals surface area contributed by atoms with Crippen molar-refractivity contribution in [3.8, 4) is 5.75 Å². The summed E-state index contributed by atoms with van der Waals surface area (Å²) >= 11 is 0. The van der Waals surface area contributed by atoms with Gasteiger partial charge in [0.25, 0.3) is 0 Å². The minimum Gasteiger partial charge on any atom is -0.496 e. The molecule has 0 saturated carbocycles. The van der Waals surface area contributed by atoms with Crippen LogP contribution in [0.4, 0.5) is 0 Å². The third-order valence-electron chi connectivity index (χ3n) is 3.01. The summed E-state index contributed by atoms with van der Waals surface area (Å²) in [5.41, 5.74) is 3.31. The molecule has 2 rings (SSSR count). The number of rotatable bonds is 4. The SMILES string of the molecule is CNC(c1ccn(C)n1)c1cc(C)ccc1OC. The van der Waals surface area contributed by atoms with Crippen LogP contribution in [0.25, 0.3) is 0 Å². The molecule has 1 atom stereocenters. The number of hydrogen-bond acceptors (Lipinski definition) is 3. The summed E-state index contributed by atoms with van der Waals surface area (Å²) in [6, 6.07) is 8.24. The molecule has 1 aromatic carbocycles. The van der Waals surface area contributed by atoms with Crippen molar-refractivity contribution in [2.24, 2.45) is 7.05 Å². The monoisotopic (exact) mass is 245 g/mol. The quantitative estimate of drug-likeness (QED) is 0.896. The van der Waals surface area contributed by atoms with Gasteiger partial charge in [-0.15, -0.1) is 0 Å². The Morgan fingerprint density at radius 3 is 2.67 bits per heavy atom. The second kappa shape index (κ2) is 5.23. The molecule has 0 amide bonds. The molecule has 0 bridgehead atoms. The van der Waals surface area contributed by atoms with Crippen LogP contribution < -0.4 is 10.1 Å². The van der Waals surface area contributed by atoms with Crippen LogP contribution in [-0.2, 0) is 7.05 Å². The largest absolute Gasteiger partial charge is 0.496 e. The van der Waals surface area contributed by atoms with Crippen molar-refractivity contribution >= 4 is 0 Å². The molecule has 0 aliphatic rings. The number of nitrogens with zero attached hydrogens (tertiary/aromatic N) is 2. The van der Waals surface area contributed by atoms with E-state index >= 15 is 0 Å². The van der Waals surface area contributed by atoms with Gasteiger partial charge in [-0.1, -0.05) is 17.7 Å². The average Bonchev–Trinajstić information content (AvgIpc) is 2.77. The molecule has 0 aliphatic carbocycles. The van der Waals surface area contributed by atoms with Crippen LogP contribution in [-0.4, -0.2) is 23.9 Å². The lowest BCUT2D eigenvalue weighted by atomic mass is 10.0. The molecule has 0 saturated heterocycles. The van der Waals surface area contributed by atoms with Gasteiger partial charge in [0.1, 0.15) is 5.75 Å². The molecule has 1 unspecified atom stereocenters. The van der Waals surface area contributed by atoms with Crippen molar-refractivity contribution in [3.63, 3.8) is 0 Å². The van der Waals surface area contributed by atoms with Crippen LogP contribution in [0.2, 0.25) is 0 Å². The Morgan fingerprint density at radius 2 is 2.11 bits per heavy atom. The van der Waals surface area contributed by atoms with Crippen LogP contribution in [0.1, 0.15) is 22.9 Å². The standard InChI is InChI=1S/C14H19N3O/c1-10-5-6-13(18-4)11(9-10)14(15-2)12-7-8-17(3)16-12/h5-9,14-15H,1-4H3. The molecule has 0 fully saturated rings. The van der Waals surface area contributed by atoms with Gasteiger partial charge in [-0.2, -0.15) is 5.10 Å². The number of nitrogens with one attached hydrogen (secondary N) is 1. The molecule has 18 heavy (non-hydrogen) atoms. The molecular weight excluding hydrogens is 226 g/mol. The molecule has 2 aromatic rings. The first-order valence-electron chi connectivity index (χ1n) is 5.97. The fourth-order valence-electron chi connectivity index (χ4n) is 2.13. The lowest BCUT2D eigenvalue weighted by Gasteiger charge is -2.18. The van der Waals surface area contributed by atoms with Gasteiger partial charge in [0.15, 0.2) is 0 Å². The van der Waals surface area contributed by atoms with Crippen LogP contribution in [0.3, 0.4) is 0 Å². The number of benzene rings is 1. The highest BCUT2D eigenvalue weighted by Gasteiger charge is 2.18. The van der Waals surface area contributed by atoms with Gasteiger partial charge in [-0.3, -0.25) is 4.68 Å². The summed E-state index contributed by atoms with van der Waals surface area (Å²) in [7, 11) is 5.55. The van der Waals surface area contributed by atoms with Crippen LogP contribution in [0, 0.1) is 6.92 Å². The Morgan fingerprint density at radius 1 is 1.33 bits per heavy atom. The highest BCUT2D eigenvalue weighted by molar-refractivity contribution is 5.42. The molecule has 0 aliphatic heterocycles. The molecule has 96 valence electrons. The maximum Gasteiger partial charge on any atom is 0.124 e. The zero-order chi connectivity index (χ0) is 13.1. The predicted molar refractivity (Wildman–Crippen MR) is 71.8 cm³/mol. The van der Waals surface area contributed by atoms with Gasteiger partial charge in [0.05, 0.1) is 18.8 Å². The Hall–Kier alpha value is -1.81. The van der Waals surface area contributed by atoms with E-state index in [1.165, 1.54) is 5.56 Å². The van der Waals surface area contributed by atoms with E-state index in [0.29, 0.717) is 0 Å². The molecule has 4 heteroatoms. The number of aromatic nitrogens is 2. The van der Waals surface area contributed by atoms with Crippen molar-refractivity contribution in [3.05, 3.63) is 47.3 Å². The summed E-state index contributed by atoms with van der Waals surface area (Å²) in [4.78, 5) is 0. The maximum atomic E-state index is 5.44. The fraction of sp³-hybridized carbons (Fsp3) is 0.357. The second-order valence-corrected chi connectivity index (χ2v) is 4.38.